The van der Waals surface area contributed by atoms with Crippen molar-refractivity contribution in [3.8, 4) is 0 Å². The molecule has 0 saturated carbocycles. The van der Waals surface area contributed by atoms with E-state index in [0.29, 0.717) is 23.9 Å². The molecule has 0 heterocycles. The van der Waals surface area contributed by atoms with Crippen molar-refractivity contribution in [2.75, 3.05) is 40.9 Å². The summed E-state index contributed by atoms with van der Waals surface area (Å²) in [6, 6.07) is -0.800. The van der Waals surface area contributed by atoms with Gasteiger partial charge in [-0.25, -0.2) is 0 Å². The van der Waals surface area contributed by atoms with Gasteiger partial charge in [0.05, 0.1) is 39.9 Å². The summed E-state index contributed by atoms with van der Waals surface area (Å²) < 4.78 is 23.3. The van der Waals surface area contributed by atoms with Crippen LogP contribution in [0.3, 0.4) is 0 Å². The first kappa shape index (κ1) is 58.7. The molecule has 0 saturated heterocycles. The topological polar surface area (TPSA) is 108 Å². The number of nitrogens with one attached hydrogen (secondary N) is 1. The molecule has 1 amide bonds. The lowest BCUT2D eigenvalue weighted by Crippen LogP contribution is -2.46. The number of aliphatic hydroxyl groups is 1. The Labute approximate surface area is 372 Å². The predicted molar refractivity (Wildman–Crippen MR) is 256 cm³/mol. The number of amides is 1. The molecule has 0 bridgehead atoms. The first-order valence-electron chi connectivity index (χ1n) is 25.3. The molecular formula is C51H99N2O6P. The van der Waals surface area contributed by atoms with Gasteiger partial charge in [0.2, 0.25) is 5.91 Å². The molecule has 354 valence electrons. The number of carbonyl (C=O) groups is 1. The summed E-state index contributed by atoms with van der Waals surface area (Å²) in [5.41, 5.74) is 0. The average molecular weight is 867 g/mol. The van der Waals surface area contributed by atoms with Gasteiger partial charge in [0.15, 0.2) is 0 Å². The Morgan fingerprint density at radius 3 is 1.40 bits per heavy atom. The maximum absolute atomic E-state index is 12.9. The second-order valence-electron chi connectivity index (χ2n) is 18.5. The SMILES string of the molecule is CCCCCCC/C=C\C/C=C\C/C=C\CCCCCCCCCCCCCCC(=O)NC(COP(=O)([O-])OCC[N+](C)(C)C)C(O)CCCCCCCCCCCCC. The molecular weight excluding hydrogens is 768 g/mol. The van der Waals surface area contributed by atoms with Crippen LogP contribution in [0.2, 0.25) is 0 Å². The van der Waals surface area contributed by atoms with Gasteiger partial charge in [0, 0.05) is 6.42 Å². The second kappa shape index (κ2) is 43.0. The molecule has 0 radical (unpaired) electrons. The maximum Gasteiger partial charge on any atom is 0.268 e. The molecule has 8 nitrogen and oxygen atoms in total. The van der Waals surface area contributed by atoms with E-state index in [1.807, 2.05) is 21.1 Å². The van der Waals surface area contributed by atoms with Crippen molar-refractivity contribution in [3.63, 3.8) is 0 Å². The third-order valence-electron chi connectivity index (χ3n) is 11.4. The summed E-state index contributed by atoms with van der Waals surface area (Å²) >= 11 is 0. The number of rotatable bonds is 46. The third-order valence-corrected chi connectivity index (χ3v) is 12.3. The first-order chi connectivity index (χ1) is 29.0. The standard InChI is InChI=1S/C51H99N2O6P/c1-6-8-10-12-14-16-18-19-20-21-22-23-24-25-26-27-28-29-30-31-32-33-35-37-39-41-43-45-51(55)52-49(48-59-60(56,57)58-47-46-53(3,4)5)50(54)44-42-40-38-36-34-17-15-13-11-9-7-2/h18-19,21-22,24-25,49-50,54H,6-17,20,23,26-48H2,1-5H3,(H-,52,55,56,57)/b19-18-,22-21-,25-24-. The van der Waals surface area contributed by atoms with Crippen LogP contribution in [0, 0.1) is 0 Å². The number of aliphatic hydroxyl groups excluding tert-OH is 1. The zero-order valence-electron chi connectivity index (χ0n) is 40.2. The van der Waals surface area contributed by atoms with Crippen molar-refractivity contribution in [1.82, 2.24) is 5.32 Å². The fourth-order valence-electron chi connectivity index (χ4n) is 7.34. The number of nitrogens with zero attached hydrogens (tertiary/aromatic N) is 1. The van der Waals surface area contributed by atoms with Gasteiger partial charge >= 0.3 is 0 Å². The van der Waals surface area contributed by atoms with Crippen molar-refractivity contribution in [3.05, 3.63) is 36.5 Å². The van der Waals surface area contributed by atoms with Crippen molar-refractivity contribution >= 4 is 13.7 Å². The van der Waals surface area contributed by atoms with E-state index in [9.17, 15) is 19.4 Å². The van der Waals surface area contributed by atoms with Crippen molar-refractivity contribution in [1.29, 1.82) is 0 Å². The Kier molecular flexibility index (Phi) is 42.1. The van der Waals surface area contributed by atoms with Crippen LogP contribution in [0.15, 0.2) is 36.5 Å². The molecule has 0 aromatic rings. The van der Waals surface area contributed by atoms with E-state index in [1.54, 1.807) is 0 Å². The molecule has 0 spiro atoms. The normalized spacial score (nSPS) is 14.4. The number of quaternary nitrogens is 1. The second-order valence-corrected chi connectivity index (χ2v) is 19.9. The lowest BCUT2D eigenvalue weighted by molar-refractivity contribution is -0.870. The Morgan fingerprint density at radius 2 is 0.967 bits per heavy atom. The quantitative estimate of drug-likeness (QED) is 0.0273. The van der Waals surface area contributed by atoms with E-state index in [2.05, 4.69) is 55.6 Å². The smallest absolute Gasteiger partial charge is 0.268 e. The molecule has 0 rings (SSSR count). The number of likely N-dealkylation sites (N-methyl/N-ethyl adjacent to an activating group) is 1. The van der Waals surface area contributed by atoms with Gasteiger partial charge in [-0.05, 0) is 51.4 Å². The summed E-state index contributed by atoms with van der Waals surface area (Å²) in [7, 11) is 1.30. The zero-order chi connectivity index (χ0) is 44.3. The lowest BCUT2D eigenvalue weighted by atomic mass is 10.0. The summed E-state index contributed by atoms with van der Waals surface area (Å²) in [5.74, 6) is -0.168. The van der Waals surface area contributed by atoms with E-state index in [-0.39, 0.29) is 19.1 Å². The number of phosphoric acid groups is 1. The van der Waals surface area contributed by atoms with Gasteiger partial charge < -0.3 is 28.8 Å². The van der Waals surface area contributed by atoms with Crippen LogP contribution in [-0.2, 0) is 18.4 Å². The number of phosphoric ester groups is 1. The van der Waals surface area contributed by atoms with Crippen molar-refractivity contribution in [2.45, 2.75) is 244 Å². The van der Waals surface area contributed by atoms with Gasteiger partial charge in [-0.1, -0.05) is 211 Å². The summed E-state index contributed by atoms with van der Waals surface area (Å²) in [4.78, 5) is 25.4. The van der Waals surface area contributed by atoms with Crippen LogP contribution < -0.4 is 10.2 Å². The van der Waals surface area contributed by atoms with Crippen LogP contribution in [0.25, 0.3) is 0 Å². The molecule has 0 aliphatic heterocycles. The molecule has 0 aromatic heterocycles. The lowest BCUT2D eigenvalue weighted by Gasteiger charge is -2.30. The van der Waals surface area contributed by atoms with Crippen LogP contribution in [0.4, 0.5) is 0 Å². The summed E-state index contributed by atoms with van der Waals surface area (Å²) in [5, 5.41) is 13.9. The highest BCUT2D eigenvalue weighted by atomic mass is 31.2. The number of hydrogen-bond donors (Lipinski definition) is 2. The van der Waals surface area contributed by atoms with E-state index in [0.717, 1.165) is 51.4 Å². The fraction of sp³-hybridized carbons (Fsp3) is 0.863. The molecule has 0 aliphatic rings. The first-order valence-corrected chi connectivity index (χ1v) is 26.8. The van der Waals surface area contributed by atoms with Crippen LogP contribution in [0.5, 0.6) is 0 Å². The van der Waals surface area contributed by atoms with Gasteiger partial charge in [-0.3, -0.25) is 9.36 Å². The maximum atomic E-state index is 12.9. The van der Waals surface area contributed by atoms with Gasteiger partial charge in [0.1, 0.15) is 13.2 Å². The molecule has 2 N–H and O–H groups in total. The highest BCUT2D eigenvalue weighted by Gasteiger charge is 2.24. The summed E-state index contributed by atoms with van der Waals surface area (Å²) in [6.07, 6.45) is 53.0. The molecule has 0 aliphatic carbocycles. The van der Waals surface area contributed by atoms with Crippen molar-refractivity contribution in [2.24, 2.45) is 0 Å². The van der Waals surface area contributed by atoms with Gasteiger partial charge in [-0.15, -0.1) is 0 Å². The Hall–Kier alpha value is -1.28. The highest BCUT2D eigenvalue weighted by Crippen LogP contribution is 2.38. The minimum absolute atomic E-state index is 0.0117. The van der Waals surface area contributed by atoms with Crippen LogP contribution in [-0.4, -0.2) is 68.5 Å². The molecule has 0 aromatic carbocycles. The molecule has 9 heteroatoms. The zero-order valence-corrected chi connectivity index (χ0v) is 41.1. The van der Waals surface area contributed by atoms with E-state index in [4.69, 9.17) is 9.05 Å². The van der Waals surface area contributed by atoms with E-state index >= 15 is 0 Å². The highest BCUT2D eigenvalue weighted by molar-refractivity contribution is 7.45. The third kappa shape index (κ3) is 44.8. The fourth-order valence-corrected chi connectivity index (χ4v) is 8.06. The Morgan fingerprint density at radius 1 is 0.583 bits per heavy atom. The van der Waals surface area contributed by atoms with E-state index < -0.39 is 20.0 Å². The minimum Gasteiger partial charge on any atom is -0.756 e. The number of unbranched alkanes of at least 4 members (excludes halogenated alkanes) is 27. The molecule has 3 unspecified atom stereocenters. The Balaban J connectivity index is 4.12. The largest absolute Gasteiger partial charge is 0.756 e. The minimum atomic E-state index is -4.56. The average Bonchev–Trinajstić information content (AvgIpc) is 3.20. The predicted octanol–water partition coefficient (Wildman–Crippen LogP) is 14.0. The number of allylic oxidation sites excluding steroid dienone is 6. The molecule has 3 atom stereocenters. The Bertz CT molecular complexity index is 1070. The van der Waals surface area contributed by atoms with Gasteiger partial charge in [0.25, 0.3) is 7.82 Å². The number of hydrogen-bond acceptors (Lipinski definition) is 6. The van der Waals surface area contributed by atoms with Gasteiger partial charge in [-0.2, -0.15) is 0 Å². The monoisotopic (exact) mass is 867 g/mol. The van der Waals surface area contributed by atoms with Crippen molar-refractivity contribution < 1.29 is 32.9 Å². The van der Waals surface area contributed by atoms with E-state index in [1.165, 1.54) is 154 Å². The summed E-state index contributed by atoms with van der Waals surface area (Å²) in [6.45, 7) is 4.70. The molecule has 0 fully saturated rings. The van der Waals surface area contributed by atoms with Crippen LogP contribution in [0.1, 0.15) is 232 Å². The van der Waals surface area contributed by atoms with Crippen LogP contribution >= 0.6 is 7.82 Å². The number of carbonyl (C=O) groups excluding carboxylic acids is 1. The molecule has 60 heavy (non-hydrogen) atoms.